The minimum atomic E-state index is -0.0370. The molecule has 0 bridgehead atoms. The first-order chi connectivity index (χ1) is 12.8. The van der Waals surface area contributed by atoms with Gasteiger partial charge >= 0.3 is 0 Å². The second-order valence-corrected chi connectivity index (χ2v) is 7.42. The number of carbonyl (C=O) groups excluding carboxylic acids is 1. The molecule has 1 amide bonds. The van der Waals surface area contributed by atoms with Gasteiger partial charge in [0.15, 0.2) is 0 Å². The van der Waals surface area contributed by atoms with E-state index in [1.807, 2.05) is 0 Å². The Balaban J connectivity index is 1.31. The zero-order valence-electron chi connectivity index (χ0n) is 14.5. The second-order valence-electron chi connectivity index (χ2n) is 6.64. The van der Waals surface area contributed by atoms with E-state index in [0.29, 0.717) is 5.56 Å². The smallest absolute Gasteiger partial charge is 0.253 e. The van der Waals surface area contributed by atoms with E-state index in [0.717, 1.165) is 26.1 Å². The molecule has 1 atom stereocenters. The summed E-state index contributed by atoms with van der Waals surface area (Å²) in [5.41, 5.74) is 4.47. The molecule has 0 radical (unpaired) electrons. The minimum absolute atomic E-state index is 0.0370. The Kier molecular flexibility index (Phi) is 5.09. The van der Waals surface area contributed by atoms with Crippen molar-refractivity contribution in [1.29, 1.82) is 0 Å². The first-order valence-corrected chi connectivity index (χ1v) is 9.77. The average molecular weight is 363 g/mol. The summed E-state index contributed by atoms with van der Waals surface area (Å²) in [4.78, 5) is 18.6. The van der Waals surface area contributed by atoms with E-state index in [-0.39, 0.29) is 11.9 Å². The maximum Gasteiger partial charge on any atom is 0.253 e. The number of nitrogens with one attached hydrogen (secondary N) is 1. The molecule has 1 aliphatic rings. The Bertz CT molecular complexity index is 847. The molecule has 132 valence electrons. The highest BCUT2D eigenvalue weighted by Gasteiger charge is 2.24. The summed E-state index contributed by atoms with van der Waals surface area (Å²) < 4.78 is 0. The monoisotopic (exact) mass is 363 g/mol. The van der Waals surface area contributed by atoms with Gasteiger partial charge in [-0.2, -0.15) is 11.3 Å². The quantitative estimate of drug-likeness (QED) is 0.750. The number of aromatic nitrogens is 1. The molecule has 1 saturated heterocycles. The summed E-state index contributed by atoms with van der Waals surface area (Å²) in [6.45, 7) is 2.81. The highest BCUT2D eigenvalue weighted by atomic mass is 32.1. The van der Waals surface area contributed by atoms with Crippen LogP contribution in [0.5, 0.6) is 0 Å². The van der Waals surface area contributed by atoms with Crippen LogP contribution in [0.1, 0.15) is 22.3 Å². The van der Waals surface area contributed by atoms with Crippen molar-refractivity contribution in [3.05, 3.63) is 76.7 Å². The fourth-order valence-corrected chi connectivity index (χ4v) is 4.01. The van der Waals surface area contributed by atoms with Crippen molar-refractivity contribution in [2.45, 2.75) is 19.0 Å². The van der Waals surface area contributed by atoms with E-state index >= 15 is 0 Å². The largest absolute Gasteiger partial charge is 0.348 e. The maximum absolute atomic E-state index is 12.2. The van der Waals surface area contributed by atoms with Gasteiger partial charge in [0.1, 0.15) is 0 Å². The molecule has 0 aliphatic carbocycles. The molecule has 1 N–H and O–H groups in total. The van der Waals surface area contributed by atoms with Gasteiger partial charge in [0.05, 0.1) is 5.56 Å². The van der Waals surface area contributed by atoms with Crippen LogP contribution >= 0.6 is 11.3 Å². The molecule has 4 nitrogen and oxygen atoms in total. The topological polar surface area (TPSA) is 45.2 Å². The standard InChI is InChI=1S/C21H21N3OS/c25-21(18-2-1-9-22-12-18)23-20-7-10-24(14-20)13-16-3-5-17(6-4-16)19-8-11-26-15-19/h1-6,8-9,11-12,15,20H,7,10,13-14H2,(H,23,25). The molecule has 1 aliphatic heterocycles. The van der Waals surface area contributed by atoms with Crippen molar-refractivity contribution >= 4 is 17.2 Å². The van der Waals surface area contributed by atoms with Gasteiger partial charge in [-0.15, -0.1) is 0 Å². The normalized spacial score (nSPS) is 17.3. The summed E-state index contributed by atoms with van der Waals surface area (Å²) in [7, 11) is 0. The van der Waals surface area contributed by atoms with E-state index in [1.54, 1.807) is 35.9 Å². The van der Waals surface area contributed by atoms with Crippen LogP contribution < -0.4 is 5.32 Å². The predicted molar refractivity (Wildman–Crippen MR) is 105 cm³/mol. The molecular weight excluding hydrogens is 342 g/mol. The van der Waals surface area contributed by atoms with E-state index in [4.69, 9.17) is 0 Å². The highest BCUT2D eigenvalue weighted by Crippen LogP contribution is 2.23. The lowest BCUT2D eigenvalue weighted by Gasteiger charge is -2.17. The summed E-state index contributed by atoms with van der Waals surface area (Å²) in [5.74, 6) is -0.0370. The summed E-state index contributed by atoms with van der Waals surface area (Å²) in [5, 5.41) is 7.40. The van der Waals surface area contributed by atoms with Crippen molar-refractivity contribution in [1.82, 2.24) is 15.2 Å². The van der Waals surface area contributed by atoms with Crippen LogP contribution in [0.4, 0.5) is 0 Å². The predicted octanol–water partition coefficient (Wildman–Crippen LogP) is 3.81. The second kappa shape index (κ2) is 7.81. The summed E-state index contributed by atoms with van der Waals surface area (Å²) >= 11 is 1.72. The minimum Gasteiger partial charge on any atom is -0.348 e. The first kappa shape index (κ1) is 16.9. The van der Waals surface area contributed by atoms with Gasteiger partial charge in [0, 0.05) is 38.1 Å². The highest BCUT2D eigenvalue weighted by molar-refractivity contribution is 7.08. The molecule has 3 aromatic rings. The molecule has 0 saturated carbocycles. The maximum atomic E-state index is 12.2. The molecule has 3 heterocycles. The third kappa shape index (κ3) is 4.00. The van der Waals surface area contributed by atoms with Gasteiger partial charge in [0.2, 0.25) is 0 Å². The number of benzene rings is 1. The number of hydrogen-bond donors (Lipinski definition) is 1. The number of hydrogen-bond acceptors (Lipinski definition) is 4. The number of amides is 1. The van der Waals surface area contributed by atoms with E-state index < -0.39 is 0 Å². The number of nitrogens with zero attached hydrogens (tertiary/aromatic N) is 2. The fraction of sp³-hybridized carbons (Fsp3) is 0.238. The van der Waals surface area contributed by atoms with Crippen molar-refractivity contribution in [3.63, 3.8) is 0 Å². The molecule has 1 fully saturated rings. The molecular formula is C21H21N3OS. The van der Waals surface area contributed by atoms with Gasteiger partial charge in [-0.05, 0) is 52.1 Å². The van der Waals surface area contributed by atoms with Crippen LogP contribution in [0.2, 0.25) is 0 Å². The molecule has 0 spiro atoms. The third-order valence-electron chi connectivity index (χ3n) is 4.75. The lowest BCUT2D eigenvalue weighted by atomic mass is 10.1. The van der Waals surface area contributed by atoms with Gasteiger partial charge in [0.25, 0.3) is 5.91 Å². The third-order valence-corrected chi connectivity index (χ3v) is 5.43. The fourth-order valence-electron chi connectivity index (χ4n) is 3.35. The number of thiophene rings is 1. The van der Waals surface area contributed by atoms with Crippen LogP contribution in [-0.4, -0.2) is 34.9 Å². The van der Waals surface area contributed by atoms with Crippen molar-refractivity contribution in [2.24, 2.45) is 0 Å². The number of pyridine rings is 1. The van der Waals surface area contributed by atoms with E-state index in [9.17, 15) is 4.79 Å². The van der Waals surface area contributed by atoms with Gasteiger partial charge in [-0.1, -0.05) is 24.3 Å². The molecule has 1 aromatic carbocycles. The van der Waals surface area contributed by atoms with Gasteiger partial charge in [-0.3, -0.25) is 14.7 Å². The molecule has 5 heteroatoms. The number of rotatable bonds is 5. The Morgan fingerprint density at radius 2 is 2.08 bits per heavy atom. The van der Waals surface area contributed by atoms with Crippen LogP contribution in [-0.2, 0) is 6.54 Å². The SMILES string of the molecule is O=C(NC1CCN(Cc2ccc(-c3ccsc3)cc2)C1)c1cccnc1. The number of likely N-dealkylation sites (tertiary alicyclic amines) is 1. The zero-order valence-corrected chi connectivity index (χ0v) is 15.3. The van der Waals surface area contributed by atoms with E-state index in [2.05, 4.69) is 56.3 Å². The van der Waals surface area contributed by atoms with Crippen LogP contribution in [0.15, 0.2) is 65.6 Å². The van der Waals surface area contributed by atoms with E-state index in [1.165, 1.54) is 16.7 Å². The van der Waals surface area contributed by atoms with Crippen LogP contribution in [0, 0.1) is 0 Å². The van der Waals surface area contributed by atoms with Crippen LogP contribution in [0.25, 0.3) is 11.1 Å². The Morgan fingerprint density at radius 1 is 1.19 bits per heavy atom. The molecule has 1 unspecified atom stereocenters. The van der Waals surface area contributed by atoms with Crippen LogP contribution in [0.3, 0.4) is 0 Å². The van der Waals surface area contributed by atoms with Gasteiger partial charge < -0.3 is 5.32 Å². The molecule has 2 aromatic heterocycles. The lowest BCUT2D eigenvalue weighted by molar-refractivity contribution is 0.0937. The van der Waals surface area contributed by atoms with Crippen molar-refractivity contribution in [3.8, 4) is 11.1 Å². The van der Waals surface area contributed by atoms with Crippen molar-refractivity contribution < 1.29 is 4.79 Å². The zero-order chi connectivity index (χ0) is 17.8. The van der Waals surface area contributed by atoms with Crippen molar-refractivity contribution in [2.75, 3.05) is 13.1 Å². The Labute approximate surface area is 157 Å². The average Bonchev–Trinajstić information content (AvgIpc) is 3.35. The first-order valence-electron chi connectivity index (χ1n) is 8.83. The molecule has 26 heavy (non-hydrogen) atoms. The summed E-state index contributed by atoms with van der Waals surface area (Å²) in [6.07, 6.45) is 4.27. The Hall–Kier alpha value is -2.50. The molecule has 4 rings (SSSR count). The van der Waals surface area contributed by atoms with Gasteiger partial charge in [-0.25, -0.2) is 0 Å². The summed E-state index contributed by atoms with van der Waals surface area (Å²) in [6, 6.07) is 14.7. The Morgan fingerprint density at radius 3 is 2.81 bits per heavy atom. The lowest BCUT2D eigenvalue weighted by Crippen LogP contribution is -2.37. The number of carbonyl (C=O) groups is 1.